The van der Waals surface area contributed by atoms with Crippen molar-refractivity contribution in [2.24, 2.45) is 5.73 Å². The SMILES string of the molecule is CCOC(=O)C1=C(C)OC(N)=C(C#N)C1c1ccc(-c2ccc(C)c(C)c2)cc1. The number of rotatable bonds is 4. The van der Waals surface area contributed by atoms with Crippen molar-refractivity contribution in [1.82, 2.24) is 0 Å². The van der Waals surface area contributed by atoms with Crippen LogP contribution in [0.3, 0.4) is 0 Å². The van der Waals surface area contributed by atoms with Gasteiger partial charge in [-0.05, 0) is 55.5 Å². The van der Waals surface area contributed by atoms with Crippen LogP contribution in [0.5, 0.6) is 0 Å². The molecule has 0 fully saturated rings. The number of carbonyl (C=O) groups is 1. The first kappa shape index (κ1) is 20.2. The van der Waals surface area contributed by atoms with Gasteiger partial charge in [0, 0.05) is 0 Å². The van der Waals surface area contributed by atoms with E-state index in [-0.39, 0.29) is 18.1 Å². The van der Waals surface area contributed by atoms with Crippen LogP contribution in [0, 0.1) is 25.2 Å². The summed E-state index contributed by atoms with van der Waals surface area (Å²) >= 11 is 0. The highest BCUT2D eigenvalue weighted by Gasteiger charge is 2.36. The minimum atomic E-state index is -0.624. The molecule has 0 spiro atoms. The Kier molecular flexibility index (Phi) is 5.74. The molecule has 29 heavy (non-hydrogen) atoms. The monoisotopic (exact) mass is 388 g/mol. The highest BCUT2D eigenvalue weighted by Crippen LogP contribution is 2.40. The molecule has 1 aliphatic heterocycles. The molecular weight excluding hydrogens is 364 g/mol. The molecule has 0 bridgehead atoms. The standard InChI is InChI=1S/C24H24N2O3/c1-5-28-24(27)21-16(4)29-23(26)20(13-25)22(21)18-10-8-17(9-11-18)19-7-6-14(2)15(3)12-19/h6-12,22H,5,26H2,1-4H3. The lowest BCUT2D eigenvalue weighted by Crippen LogP contribution is -2.25. The van der Waals surface area contributed by atoms with Crippen molar-refractivity contribution in [3.8, 4) is 17.2 Å². The predicted octanol–water partition coefficient (Wildman–Crippen LogP) is 4.62. The molecule has 1 heterocycles. The van der Waals surface area contributed by atoms with E-state index < -0.39 is 11.9 Å². The van der Waals surface area contributed by atoms with Crippen LogP contribution in [0.15, 0.2) is 65.3 Å². The Balaban J connectivity index is 2.05. The molecule has 1 atom stereocenters. The third-order valence-electron chi connectivity index (χ3n) is 5.19. The second-order valence-electron chi connectivity index (χ2n) is 7.04. The molecular formula is C24H24N2O3. The summed E-state index contributed by atoms with van der Waals surface area (Å²) in [4.78, 5) is 12.6. The number of nitrogens with zero attached hydrogens (tertiary/aromatic N) is 1. The highest BCUT2D eigenvalue weighted by molar-refractivity contribution is 5.92. The minimum absolute atomic E-state index is 0.0151. The molecule has 2 aromatic rings. The molecule has 3 rings (SSSR count). The van der Waals surface area contributed by atoms with Gasteiger partial charge in [-0.15, -0.1) is 0 Å². The molecule has 0 radical (unpaired) electrons. The molecule has 0 aliphatic carbocycles. The van der Waals surface area contributed by atoms with Crippen molar-refractivity contribution >= 4 is 5.97 Å². The number of nitriles is 1. The van der Waals surface area contributed by atoms with Gasteiger partial charge in [0.25, 0.3) is 0 Å². The Labute approximate surface area is 171 Å². The molecule has 0 saturated heterocycles. The number of esters is 1. The third-order valence-corrected chi connectivity index (χ3v) is 5.19. The number of benzene rings is 2. The van der Waals surface area contributed by atoms with E-state index in [4.69, 9.17) is 15.2 Å². The van der Waals surface area contributed by atoms with Gasteiger partial charge in [-0.1, -0.05) is 42.5 Å². The van der Waals surface area contributed by atoms with E-state index in [9.17, 15) is 10.1 Å². The quantitative estimate of drug-likeness (QED) is 0.773. The Hall–Kier alpha value is -3.52. The lowest BCUT2D eigenvalue weighted by Gasteiger charge is -2.27. The summed E-state index contributed by atoms with van der Waals surface area (Å²) in [6.07, 6.45) is 0. The van der Waals surface area contributed by atoms with Gasteiger partial charge in [0.15, 0.2) is 0 Å². The predicted molar refractivity (Wildman–Crippen MR) is 111 cm³/mol. The molecule has 2 aromatic carbocycles. The zero-order valence-corrected chi connectivity index (χ0v) is 17.1. The number of nitrogens with two attached hydrogens (primary N) is 1. The lowest BCUT2D eigenvalue weighted by molar-refractivity contribution is -0.139. The van der Waals surface area contributed by atoms with Crippen molar-refractivity contribution < 1.29 is 14.3 Å². The molecule has 5 nitrogen and oxygen atoms in total. The van der Waals surface area contributed by atoms with Crippen molar-refractivity contribution in [1.29, 1.82) is 5.26 Å². The first-order chi connectivity index (χ1) is 13.9. The fourth-order valence-corrected chi connectivity index (χ4v) is 3.48. The van der Waals surface area contributed by atoms with E-state index in [1.165, 1.54) is 11.1 Å². The zero-order valence-electron chi connectivity index (χ0n) is 17.1. The van der Waals surface area contributed by atoms with Crippen LogP contribution < -0.4 is 5.73 Å². The number of hydrogen-bond donors (Lipinski definition) is 1. The van der Waals surface area contributed by atoms with Crippen LogP contribution in [-0.2, 0) is 14.3 Å². The van der Waals surface area contributed by atoms with Crippen LogP contribution in [0.4, 0.5) is 0 Å². The lowest BCUT2D eigenvalue weighted by atomic mass is 9.82. The summed E-state index contributed by atoms with van der Waals surface area (Å²) < 4.78 is 10.7. The molecule has 1 unspecified atom stereocenters. The van der Waals surface area contributed by atoms with Gasteiger partial charge in [0.05, 0.1) is 18.1 Å². The smallest absolute Gasteiger partial charge is 0.338 e. The maximum Gasteiger partial charge on any atom is 0.338 e. The number of aryl methyl sites for hydroxylation is 2. The summed E-state index contributed by atoms with van der Waals surface area (Å²) in [6, 6.07) is 16.2. The average molecular weight is 388 g/mol. The minimum Gasteiger partial charge on any atom is -0.463 e. The topological polar surface area (TPSA) is 85.3 Å². The maximum atomic E-state index is 12.6. The second kappa shape index (κ2) is 8.24. The molecule has 0 saturated carbocycles. The van der Waals surface area contributed by atoms with E-state index in [2.05, 4.69) is 38.1 Å². The summed E-state index contributed by atoms with van der Waals surface area (Å²) in [5.41, 5.74) is 11.9. The number of hydrogen-bond acceptors (Lipinski definition) is 5. The summed E-state index contributed by atoms with van der Waals surface area (Å²) in [6.45, 7) is 7.79. The van der Waals surface area contributed by atoms with Crippen molar-refractivity contribution in [3.05, 3.63) is 81.9 Å². The van der Waals surface area contributed by atoms with Gasteiger partial charge in [0.2, 0.25) is 5.88 Å². The van der Waals surface area contributed by atoms with Gasteiger partial charge in [-0.2, -0.15) is 5.26 Å². The van der Waals surface area contributed by atoms with Crippen molar-refractivity contribution in [2.45, 2.75) is 33.6 Å². The Morgan fingerprint density at radius 1 is 1.10 bits per heavy atom. The summed E-state index contributed by atoms with van der Waals surface area (Å²) in [5.74, 6) is -0.764. The fraction of sp³-hybridized carbons (Fsp3) is 0.250. The van der Waals surface area contributed by atoms with Crippen LogP contribution >= 0.6 is 0 Å². The molecule has 1 aliphatic rings. The van der Waals surface area contributed by atoms with Gasteiger partial charge in [-0.25, -0.2) is 4.79 Å². The second-order valence-corrected chi connectivity index (χ2v) is 7.04. The van der Waals surface area contributed by atoms with Gasteiger partial charge in [0.1, 0.15) is 17.4 Å². The van der Waals surface area contributed by atoms with Gasteiger partial charge >= 0.3 is 5.97 Å². The summed E-state index contributed by atoms with van der Waals surface area (Å²) in [5, 5.41) is 9.66. The Bertz CT molecular complexity index is 1060. The molecule has 0 aromatic heterocycles. The Morgan fingerprint density at radius 2 is 1.76 bits per heavy atom. The van der Waals surface area contributed by atoms with Crippen LogP contribution in [-0.4, -0.2) is 12.6 Å². The van der Waals surface area contributed by atoms with Crippen LogP contribution in [0.25, 0.3) is 11.1 Å². The first-order valence-corrected chi connectivity index (χ1v) is 9.50. The third kappa shape index (κ3) is 3.88. The first-order valence-electron chi connectivity index (χ1n) is 9.50. The number of ether oxygens (including phenoxy) is 2. The average Bonchev–Trinajstić information content (AvgIpc) is 2.70. The molecule has 5 heteroatoms. The maximum absolute atomic E-state index is 12.6. The zero-order chi connectivity index (χ0) is 21.1. The van der Waals surface area contributed by atoms with Crippen LogP contribution in [0.2, 0.25) is 0 Å². The molecule has 2 N–H and O–H groups in total. The van der Waals surface area contributed by atoms with Crippen molar-refractivity contribution in [2.75, 3.05) is 6.61 Å². The van der Waals surface area contributed by atoms with E-state index in [0.29, 0.717) is 11.3 Å². The molecule has 0 amide bonds. The van der Waals surface area contributed by atoms with Crippen molar-refractivity contribution in [3.63, 3.8) is 0 Å². The highest BCUT2D eigenvalue weighted by atomic mass is 16.5. The van der Waals surface area contributed by atoms with E-state index in [0.717, 1.165) is 16.7 Å². The van der Waals surface area contributed by atoms with Gasteiger partial charge in [-0.3, -0.25) is 0 Å². The summed E-state index contributed by atoms with van der Waals surface area (Å²) in [7, 11) is 0. The fourth-order valence-electron chi connectivity index (χ4n) is 3.48. The van der Waals surface area contributed by atoms with E-state index in [1.54, 1.807) is 13.8 Å². The van der Waals surface area contributed by atoms with Crippen LogP contribution in [0.1, 0.15) is 36.5 Å². The van der Waals surface area contributed by atoms with E-state index >= 15 is 0 Å². The van der Waals surface area contributed by atoms with E-state index in [1.807, 2.05) is 24.3 Å². The Morgan fingerprint density at radius 3 is 2.34 bits per heavy atom. The van der Waals surface area contributed by atoms with Gasteiger partial charge < -0.3 is 15.2 Å². The number of carbonyl (C=O) groups excluding carboxylic acids is 1. The largest absolute Gasteiger partial charge is 0.463 e. The number of allylic oxidation sites excluding steroid dienone is 2. The normalized spacial score (nSPS) is 16.3. The molecule has 148 valence electrons.